The van der Waals surface area contributed by atoms with Crippen LogP contribution in [0, 0.1) is 0 Å². The molecule has 0 aliphatic carbocycles. The second-order valence-corrected chi connectivity index (χ2v) is 10.3. The van der Waals surface area contributed by atoms with Gasteiger partial charge in [0, 0.05) is 6.42 Å². The van der Waals surface area contributed by atoms with E-state index in [1.165, 1.54) is 64.2 Å². The molecule has 1 amide bonds. The van der Waals surface area contributed by atoms with Crippen molar-refractivity contribution in [2.45, 2.75) is 142 Å². The first kappa shape index (κ1) is 31.5. The minimum atomic E-state index is -4.66. The molecule has 0 saturated carbocycles. The Morgan fingerprint density at radius 3 is 1.69 bits per heavy atom. The normalized spacial score (nSPS) is 13.8. The molecule has 0 radical (unpaired) electrons. The van der Waals surface area contributed by atoms with Crippen molar-refractivity contribution in [1.82, 2.24) is 5.32 Å². The number of carbonyl (C=O) groups is 1. The fraction of sp³-hybridized carbons (Fsp3) is 0.958. The molecular weight excluding hydrogens is 429 g/mol. The summed E-state index contributed by atoms with van der Waals surface area (Å²) in [4.78, 5) is 30.2. The van der Waals surface area contributed by atoms with Crippen LogP contribution in [0.2, 0.25) is 0 Å². The monoisotopic (exact) mass is 479 g/mol. The number of amides is 1. The maximum absolute atomic E-state index is 12.3. The summed E-state index contributed by atoms with van der Waals surface area (Å²) in [6, 6.07) is -0.811. The molecule has 0 heterocycles. The lowest BCUT2D eigenvalue weighted by molar-refractivity contribution is -0.123. The highest BCUT2D eigenvalue weighted by molar-refractivity contribution is 7.46. The maximum atomic E-state index is 12.3. The number of aliphatic hydroxyl groups excluding tert-OH is 1. The van der Waals surface area contributed by atoms with Crippen LogP contribution in [0.3, 0.4) is 0 Å². The SMILES string of the molecule is CCCCCCCCCCC[C@@H](O)[C@H](COP(=O)(O)O)NC(=O)CCCCCCCCC. The van der Waals surface area contributed by atoms with E-state index in [0.717, 1.165) is 38.5 Å². The van der Waals surface area contributed by atoms with Crippen LogP contribution >= 0.6 is 7.82 Å². The van der Waals surface area contributed by atoms with Crippen LogP contribution in [-0.4, -0.2) is 39.6 Å². The zero-order valence-corrected chi connectivity index (χ0v) is 21.5. The van der Waals surface area contributed by atoms with Crippen LogP contribution in [0.1, 0.15) is 129 Å². The third kappa shape index (κ3) is 21.4. The Morgan fingerprint density at radius 1 is 0.781 bits per heavy atom. The molecule has 0 saturated heterocycles. The van der Waals surface area contributed by atoms with Gasteiger partial charge < -0.3 is 20.2 Å². The van der Waals surface area contributed by atoms with Crippen molar-refractivity contribution in [3.05, 3.63) is 0 Å². The van der Waals surface area contributed by atoms with Crippen molar-refractivity contribution in [2.75, 3.05) is 6.61 Å². The first-order valence-electron chi connectivity index (χ1n) is 13.0. The van der Waals surface area contributed by atoms with Gasteiger partial charge >= 0.3 is 7.82 Å². The minimum absolute atomic E-state index is 0.205. The standard InChI is InChI=1S/C24H50NO6P/c1-3-5-7-9-11-12-14-15-17-19-23(26)22(21-31-32(28,29)30)25-24(27)20-18-16-13-10-8-6-4-2/h22-23,26H,3-21H2,1-2H3,(H,25,27)(H2,28,29,30)/t22-,23+/m0/s1. The van der Waals surface area contributed by atoms with E-state index in [-0.39, 0.29) is 5.91 Å². The zero-order chi connectivity index (χ0) is 24.1. The van der Waals surface area contributed by atoms with E-state index in [1.807, 2.05) is 0 Å². The van der Waals surface area contributed by atoms with Gasteiger partial charge in [-0.15, -0.1) is 0 Å². The second-order valence-electron chi connectivity index (χ2n) is 9.02. The van der Waals surface area contributed by atoms with E-state index < -0.39 is 26.6 Å². The molecule has 0 bridgehead atoms. The van der Waals surface area contributed by atoms with Crippen LogP contribution in [0.4, 0.5) is 0 Å². The van der Waals surface area contributed by atoms with Crippen molar-refractivity contribution >= 4 is 13.7 Å². The summed E-state index contributed by atoms with van der Waals surface area (Å²) in [6.45, 7) is 3.99. The third-order valence-electron chi connectivity index (χ3n) is 5.84. The van der Waals surface area contributed by atoms with Crippen molar-refractivity contribution in [3.63, 3.8) is 0 Å². The van der Waals surface area contributed by atoms with Crippen LogP contribution in [0.5, 0.6) is 0 Å². The molecule has 0 aliphatic heterocycles. The van der Waals surface area contributed by atoms with Crippen molar-refractivity contribution in [1.29, 1.82) is 0 Å². The number of phosphoric acid groups is 1. The Kier molecular flexibility index (Phi) is 20.8. The third-order valence-corrected chi connectivity index (χ3v) is 6.33. The molecule has 0 spiro atoms. The Morgan fingerprint density at radius 2 is 1.22 bits per heavy atom. The summed E-state index contributed by atoms with van der Waals surface area (Å²) in [5, 5.41) is 13.2. The van der Waals surface area contributed by atoms with E-state index in [2.05, 4.69) is 23.7 Å². The molecular formula is C24H50NO6P. The van der Waals surface area contributed by atoms with Gasteiger partial charge in [0.1, 0.15) is 0 Å². The number of hydrogen-bond acceptors (Lipinski definition) is 4. The molecule has 0 rings (SSSR count). The van der Waals surface area contributed by atoms with Gasteiger partial charge in [-0.1, -0.05) is 110 Å². The molecule has 0 unspecified atom stereocenters. The Labute approximate surface area is 196 Å². The molecule has 7 nitrogen and oxygen atoms in total. The number of carbonyl (C=O) groups excluding carboxylic acids is 1. The minimum Gasteiger partial charge on any atom is -0.391 e. The van der Waals surface area contributed by atoms with Gasteiger partial charge in [0.2, 0.25) is 5.91 Å². The zero-order valence-electron chi connectivity index (χ0n) is 20.6. The Balaban J connectivity index is 4.19. The van der Waals surface area contributed by atoms with Gasteiger partial charge in [0.15, 0.2) is 0 Å². The molecule has 32 heavy (non-hydrogen) atoms. The lowest BCUT2D eigenvalue weighted by Gasteiger charge is -2.24. The lowest BCUT2D eigenvalue weighted by atomic mass is 10.0. The van der Waals surface area contributed by atoms with Gasteiger partial charge in [-0.05, 0) is 12.8 Å². The van der Waals surface area contributed by atoms with Crippen molar-refractivity contribution in [3.8, 4) is 0 Å². The van der Waals surface area contributed by atoms with Crippen LogP contribution in [0.15, 0.2) is 0 Å². The molecule has 0 aromatic rings. The van der Waals surface area contributed by atoms with Crippen LogP contribution in [-0.2, 0) is 13.9 Å². The van der Waals surface area contributed by atoms with Crippen LogP contribution < -0.4 is 5.32 Å². The van der Waals surface area contributed by atoms with E-state index in [0.29, 0.717) is 12.8 Å². The van der Waals surface area contributed by atoms with Gasteiger partial charge in [0.25, 0.3) is 0 Å². The predicted octanol–water partition coefficient (Wildman–Crippen LogP) is 6.00. The van der Waals surface area contributed by atoms with Gasteiger partial charge in [-0.25, -0.2) is 4.57 Å². The summed E-state index contributed by atoms with van der Waals surface area (Å²) in [5.74, 6) is -0.205. The summed E-state index contributed by atoms with van der Waals surface area (Å²) in [7, 11) is -4.66. The lowest BCUT2D eigenvalue weighted by Crippen LogP contribution is -2.46. The summed E-state index contributed by atoms with van der Waals surface area (Å²) >= 11 is 0. The maximum Gasteiger partial charge on any atom is 0.469 e. The molecule has 4 N–H and O–H groups in total. The Bertz CT molecular complexity index is 485. The highest BCUT2D eigenvalue weighted by Crippen LogP contribution is 2.36. The highest BCUT2D eigenvalue weighted by Gasteiger charge is 2.25. The second kappa shape index (κ2) is 21.1. The number of nitrogens with one attached hydrogen (secondary N) is 1. The topological polar surface area (TPSA) is 116 Å². The van der Waals surface area contributed by atoms with E-state index in [4.69, 9.17) is 9.79 Å². The van der Waals surface area contributed by atoms with Gasteiger partial charge in [-0.2, -0.15) is 0 Å². The van der Waals surface area contributed by atoms with Crippen molar-refractivity contribution < 1.29 is 28.8 Å². The number of rotatable bonds is 23. The van der Waals surface area contributed by atoms with Crippen molar-refractivity contribution in [2.24, 2.45) is 0 Å². The molecule has 192 valence electrons. The molecule has 8 heteroatoms. The van der Waals surface area contributed by atoms with E-state index >= 15 is 0 Å². The molecule has 0 aliphatic rings. The number of unbranched alkanes of at least 4 members (excludes halogenated alkanes) is 14. The first-order chi connectivity index (χ1) is 15.3. The average molecular weight is 480 g/mol. The first-order valence-corrected chi connectivity index (χ1v) is 14.5. The van der Waals surface area contributed by atoms with Crippen LogP contribution in [0.25, 0.3) is 0 Å². The summed E-state index contributed by atoms with van der Waals surface area (Å²) < 4.78 is 15.6. The smallest absolute Gasteiger partial charge is 0.391 e. The van der Waals surface area contributed by atoms with E-state index in [1.54, 1.807) is 0 Å². The largest absolute Gasteiger partial charge is 0.469 e. The number of aliphatic hydroxyl groups is 1. The average Bonchev–Trinajstić information content (AvgIpc) is 2.74. The molecule has 0 aromatic carbocycles. The fourth-order valence-corrected chi connectivity index (χ4v) is 4.17. The summed E-state index contributed by atoms with van der Waals surface area (Å²) in [6.07, 6.45) is 18.2. The highest BCUT2D eigenvalue weighted by atomic mass is 31.2. The van der Waals surface area contributed by atoms with Gasteiger partial charge in [-0.3, -0.25) is 9.32 Å². The number of hydrogen-bond donors (Lipinski definition) is 4. The fourth-order valence-electron chi connectivity index (χ4n) is 3.81. The molecule has 0 fully saturated rings. The van der Waals surface area contributed by atoms with E-state index in [9.17, 15) is 14.5 Å². The quantitative estimate of drug-likeness (QED) is 0.105. The summed E-state index contributed by atoms with van der Waals surface area (Å²) in [5.41, 5.74) is 0. The van der Waals surface area contributed by atoms with Gasteiger partial charge in [0.05, 0.1) is 18.8 Å². The molecule has 0 aromatic heterocycles. The predicted molar refractivity (Wildman–Crippen MR) is 130 cm³/mol. The number of phosphoric ester groups is 1. The molecule has 2 atom stereocenters. The Hall–Kier alpha value is -0.460.